The molecule has 4 rings (SSSR count). The molecule has 0 amide bonds. The Morgan fingerprint density at radius 2 is 1.73 bits per heavy atom. The lowest BCUT2D eigenvalue weighted by molar-refractivity contribution is -0.139. The van der Waals surface area contributed by atoms with Gasteiger partial charge < -0.3 is 24.4 Å². The fourth-order valence-corrected chi connectivity index (χ4v) is 4.35. The third-order valence-electron chi connectivity index (χ3n) is 5.36. The summed E-state index contributed by atoms with van der Waals surface area (Å²) in [6.45, 7) is 3.29. The van der Waals surface area contributed by atoms with E-state index >= 15 is 0 Å². The molecule has 176 valence electrons. The van der Waals surface area contributed by atoms with Crippen LogP contribution < -0.4 is 24.7 Å². The third kappa shape index (κ3) is 5.81. The van der Waals surface area contributed by atoms with Gasteiger partial charge in [0.2, 0.25) is 17.8 Å². The maximum atomic E-state index is 10.8. The topological polar surface area (TPSA) is 125 Å². The summed E-state index contributed by atoms with van der Waals surface area (Å²) in [4.78, 5) is 29.0. The SMILES string of the molecule is COc1cc(/C=N\Nc2nc(N3CCCC3)nc(N3CCCC3)n2)cc(Br)c1OCC(=O)O. The minimum absolute atomic E-state index is 0.313. The first-order chi connectivity index (χ1) is 16.0. The van der Waals surface area contributed by atoms with E-state index in [-0.39, 0.29) is 0 Å². The third-order valence-corrected chi connectivity index (χ3v) is 5.95. The molecule has 0 spiro atoms. The van der Waals surface area contributed by atoms with E-state index in [9.17, 15) is 4.79 Å². The van der Waals surface area contributed by atoms with E-state index in [0.717, 1.165) is 51.9 Å². The number of aliphatic carboxylic acids is 1. The first kappa shape index (κ1) is 23.0. The molecule has 0 atom stereocenters. The number of carboxylic acid groups (broad SMARTS) is 1. The zero-order valence-electron chi connectivity index (χ0n) is 18.3. The molecule has 1 aromatic carbocycles. The summed E-state index contributed by atoms with van der Waals surface area (Å²) >= 11 is 3.40. The van der Waals surface area contributed by atoms with Crippen molar-refractivity contribution in [2.45, 2.75) is 25.7 Å². The fraction of sp³-hybridized carbons (Fsp3) is 0.476. The molecular formula is C21H26BrN7O4. The van der Waals surface area contributed by atoms with Crippen LogP contribution in [-0.2, 0) is 4.79 Å². The average Bonchev–Trinajstić information content (AvgIpc) is 3.52. The maximum absolute atomic E-state index is 10.8. The van der Waals surface area contributed by atoms with Gasteiger partial charge in [-0.1, -0.05) is 0 Å². The van der Waals surface area contributed by atoms with E-state index in [2.05, 4.69) is 46.2 Å². The monoisotopic (exact) mass is 519 g/mol. The number of methoxy groups -OCH3 is 1. The fourth-order valence-electron chi connectivity index (χ4n) is 3.77. The van der Waals surface area contributed by atoms with Gasteiger partial charge in [0.1, 0.15) is 0 Å². The molecule has 2 fully saturated rings. The number of ether oxygens (including phenoxy) is 2. The van der Waals surface area contributed by atoms with Crippen molar-refractivity contribution >= 4 is 46.0 Å². The second-order valence-corrected chi connectivity index (χ2v) is 8.59. The van der Waals surface area contributed by atoms with Crippen molar-refractivity contribution in [3.8, 4) is 11.5 Å². The van der Waals surface area contributed by atoms with E-state index in [1.165, 1.54) is 7.11 Å². The summed E-state index contributed by atoms with van der Waals surface area (Å²) in [6, 6.07) is 3.45. The van der Waals surface area contributed by atoms with Gasteiger partial charge in [0.05, 0.1) is 17.8 Å². The van der Waals surface area contributed by atoms with Crippen LogP contribution in [0.1, 0.15) is 31.2 Å². The molecule has 0 aliphatic carbocycles. The summed E-state index contributed by atoms with van der Waals surface area (Å²) in [5.41, 5.74) is 3.63. The number of hydrazone groups is 1. The van der Waals surface area contributed by atoms with Gasteiger partial charge in [-0.05, 0) is 59.3 Å². The van der Waals surface area contributed by atoms with Crippen molar-refractivity contribution in [1.82, 2.24) is 15.0 Å². The van der Waals surface area contributed by atoms with Crippen LogP contribution in [0.5, 0.6) is 11.5 Å². The number of hydrogen-bond acceptors (Lipinski definition) is 10. The van der Waals surface area contributed by atoms with Crippen LogP contribution in [-0.4, -0.2) is 72.1 Å². The molecule has 2 saturated heterocycles. The molecule has 11 nitrogen and oxygen atoms in total. The minimum Gasteiger partial charge on any atom is -0.493 e. The summed E-state index contributed by atoms with van der Waals surface area (Å²) in [5.74, 6) is 1.36. The Hall–Kier alpha value is -3.15. The Labute approximate surface area is 200 Å². The number of anilines is 3. The smallest absolute Gasteiger partial charge is 0.341 e. The summed E-state index contributed by atoms with van der Waals surface area (Å²) < 4.78 is 11.2. The number of rotatable bonds is 9. The molecular weight excluding hydrogens is 494 g/mol. The van der Waals surface area contributed by atoms with E-state index in [0.29, 0.717) is 39.4 Å². The van der Waals surface area contributed by atoms with E-state index < -0.39 is 12.6 Å². The van der Waals surface area contributed by atoms with Gasteiger partial charge in [-0.25, -0.2) is 10.2 Å². The summed E-state index contributed by atoms with van der Waals surface area (Å²) in [6.07, 6.45) is 6.13. The van der Waals surface area contributed by atoms with Crippen LogP contribution in [0.3, 0.4) is 0 Å². The van der Waals surface area contributed by atoms with E-state index in [1.54, 1.807) is 18.3 Å². The van der Waals surface area contributed by atoms with Gasteiger partial charge in [0.15, 0.2) is 18.1 Å². The van der Waals surface area contributed by atoms with E-state index in [4.69, 9.17) is 19.6 Å². The molecule has 1 aromatic heterocycles. The Morgan fingerprint density at radius 1 is 1.12 bits per heavy atom. The number of benzene rings is 1. The average molecular weight is 520 g/mol. The molecule has 2 aromatic rings. The standard InChI is InChI=1S/C21H26BrN7O4/c1-32-16-11-14(10-15(22)18(16)33-13-17(30)31)12-23-27-19-24-20(28-6-2-3-7-28)26-21(25-19)29-8-4-5-9-29/h10-12H,2-9,13H2,1H3,(H,30,31)(H,24,25,26,27)/b23-12-. The van der Waals surface area contributed by atoms with Crippen molar-refractivity contribution < 1.29 is 19.4 Å². The highest BCUT2D eigenvalue weighted by molar-refractivity contribution is 9.10. The van der Waals surface area contributed by atoms with Crippen LogP contribution >= 0.6 is 15.9 Å². The molecule has 0 bridgehead atoms. The number of hydrogen-bond donors (Lipinski definition) is 2. The quantitative estimate of drug-likeness (QED) is 0.377. The zero-order chi connectivity index (χ0) is 23.2. The van der Waals surface area contributed by atoms with Gasteiger partial charge in [-0.15, -0.1) is 0 Å². The summed E-state index contributed by atoms with van der Waals surface area (Å²) in [5, 5.41) is 13.1. The van der Waals surface area contributed by atoms with Gasteiger partial charge >= 0.3 is 5.97 Å². The lowest BCUT2D eigenvalue weighted by atomic mass is 10.2. The zero-order valence-corrected chi connectivity index (χ0v) is 19.9. The van der Waals surface area contributed by atoms with Gasteiger partial charge in [0, 0.05) is 26.2 Å². The Balaban J connectivity index is 1.52. The molecule has 33 heavy (non-hydrogen) atoms. The molecule has 2 aliphatic heterocycles. The molecule has 0 unspecified atom stereocenters. The van der Waals surface area contributed by atoms with Gasteiger partial charge in [0.25, 0.3) is 0 Å². The predicted octanol–water partition coefficient (Wildman–Crippen LogP) is 2.75. The summed E-state index contributed by atoms with van der Waals surface area (Å²) in [7, 11) is 1.49. The van der Waals surface area contributed by atoms with Crippen LogP contribution in [0.4, 0.5) is 17.8 Å². The normalized spacial score (nSPS) is 15.9. The van der Waals surface area contributed by atoms with Crippen LogP contribution in [0.2, 0.25) is 0 Å². The molecule has 12 heteroatoms. The number of aromatic nitrogens is 3. The van der Waals surface area contributed by atoms with Crippen molar-refractivity contribution in [2.24, 2.45) is 5.10 Å². The van der Waals surface area contributed by atoms with Crippen molar-refractivity contribution in [3.05, 3.63) is 22.2 Å². The molecule has 0 saturated carbocycles. The highest BCUT2D eigenvalue weighted by Gasteiger charge is 2.21. The van der Waals surface area contributed by atoms with E-state index in [1.807, 2.05) is 0 Å². The number of carbonyl (C=O) groups is 1. The Bertz CT molecular complexity index is 990. The van der Waals surface area contributed by atoms with Gasteiger partial charge in [-0.3, -0.25) is 0 Å². The lowest BCUT2D eigenvalue weighted by Crippen LogP contribution is -2.25. The van der Waals surface area contributed by atoms with Crippen LogP contribution in [0, 0.1) is 0 Å². The number of nitrogens with zero attached hydrogens (tertiary/aromatic N) is 6. The van der Waals surface area contributed by atoms with Crippen molar-refractivity contribution in [3.63, 3.8) is 0 Å². The largest absolute Gasteiger partial charge is 0.493 e. The first-order valence-electron chi connectivity index (χ1n) is 10.8. The second-order valence-electron chi connectivity index (χ2n) is 7.73. The maximum Gasteiger partial charge on any atom is 0.341 e. The Kier molecular flexibility index (Phi) is 7.43. The lowest BCUT2D eigenvalue weighted by Gasteiger charge is -2.20. The van der Waals surface area contributed by atoms with Crippen molar-refractivity contribution in [2.75, 3.05) is 55.1 Å². The second kappa shape index (κ2) is 10.6. The molecule has 3 heterocycles. The Morgan fingerprint density at radius 3 is 2.27 bits per heavy atom. The van der Waals surface area contributed by atoms with Gasteiger partial charge in [-0.2, -0.15) is 20.1 Å². The van der Waals surface area contributed by atoms with Crippen molar-refractivity contribution in [1.29, 1.82) is 0 Å². The number of nitrogens with one attached hydrogen (secondary N) is 1. The predicted molar refractivity (Wildman–Crippen MR) is 128 cm³/mol. The number of carboxylic acids is 1. The highest BCUT2D eigenvalue weighted by atomic mass is 79.9. The highest BCUT2D eigenvalue weighted by Crippen LogP contribution is 2.36. The van der Waals surface area contributed by atoms with Crippen LogP contribution in [0.25, 0.3) is 0 Å². The molecule has 0 radical (unpaired) electrons. The first-order valence-corrected chi connectivity index (χ1v) is 11.6. The molecule has 2 N–H and O–H groups in total. The number of halogens is 1. The van der Waals surface area contributed by atoms with Crippen LogP contribution in [0.15, 0.2) is 21.7 Å². The molecule has 2 aliphatic rings. The minimum atomic E-state index is -1.07.